The molecule has 0 atom stereocenters. The van der Waals surface area contributed by atoms with E-state index in [0.29, 0.717) is 17.4 Å². The Kier molecular flexibility index (Phi) is 4.37. The van der Waals surface area contributed by atoms with Crippen LogP contribution in [0.5, 0.6) is 5.75 Å². The molecule has 1 amide bonds. The number of hydrogen-bond acceptors (Lipinski definition) is 3. The molecule has 0 aromatic heterocycles. The van der Waals surface area contributed by atoms with E-state index in [-0.39, 0.29) is 0 Å². The molecule has 94 valence electrons. The standard InChI is InChI=1S/C13H19NO3/c1-9(2)10-6-7-12(16-4)11(8-10)14(3)13(15)17-5/h6-9H,1-5H3. The molecule has 0 bridgehead atoms. The van der Waals surface area contributed by atoms with Crippen LogP contribution in [0.25, 0.3) is 0 Å². The minimum atomic E-state index is -0.413. The van der Waals surface area contributed by atoms with Crippen molar-refractivity contribution in [3.05, 3.63) is 23.8 Å². The predicted octanol–water partition coefficient (Wildman–Crippen LogP) is 3.02. The highest BCUT2D eigenvalue weighted by atomic mass is 16.5. The second-order valence-corrected chi connectivity index (χ2v) is 4.12. The highest BCUT2D eigenvalue weighted by molar-refractivity contribution is 5.89. The maximum atomic E-state index is 11.5. The first-order valence-corrected chi connectivity index (χ1v) is 5.50. The molecule has 0 aliphatic carbocycles. The number of amides is 1. The lowest BCUT2D eigenvalue weighted by Crippen LogP contribution is -2.26. The second kappa shape index (κ2) is 5.57. The van der Waals surface area contributed by atoms with Crippen LogP contribution >= 0.6 is 0 Å². The quantitative estimate of drug-likeness (QED) is 0.811. The zero-order valence-electron chi connectivity index (χ0n) is 11.0. The van der Waals surface area contributed by atoms with Crippen LogP contribution in [0.4, 0.5) is 10.5 Å². The molecule has 1 aromatic rings. The summed E-state index contributed by atoms with van der Waals surface area (Å²) in [6.07, 6.45) is -0.413. The summed E-state index contributed by atoms with van der Waals surface area (Å²) in [5, 5.41) is 0. The number of benzene rings is 1. The maximum absolute atomic E-state index is 11.5. The third-order valence-electron chi connectivity index (χ3n) is 2.68. The van der Waals surface area contributed by atoms with Gasteiger partial charge in [-0.3, -0.25) is 4.90 Å². The van der Waals surface area contributed by atoms with Crippen molar-refractivity contribution in [1.82, 2.24) is 0 Å². The minimum absolute atomic E-state index is 0.394. The minimum Gasteiger partial charge on any atom is -0.495 e. The van der Waals surface area contributed by atoms with E-state index in [1.165, 1.54) is 12.0 Å². The zero-order chi connectivity index (χ0) is 13.0. The van der Waals surface area contributed by atoms with Gasteiger partial charge in [0.15, 0.2) is 0 Å². The molecular weight excluding hydrogens is 218 g/mol. The van der Waals surface area contributed by atoms with E-state index < -0.39 is 6.09 Å². The lowest BCUT2D eigenvalue weighted by atomic mass is 10.0. The van der Waals surface area contributed by atoms with Gasteiger partial charge in [-0.25, -0.2) is 4.79 Å². The van der Waals surface area contributed by atoms with Crippen molar-refractivity contribution in [1.29, 1.82) is 0 Å². The second-order valence-electron chi connectivity index (χ2n) is 4.12. The molecule has 4 nitrogen and oxygen atoms in total. The predicted molar refractivity (Wildman–Crippen MR) is 67.9 cm³/mol. The van der Waals surface area contributed by atoms with Gasteiger partial charge in [-0.15, -0.1) is 0 Å². The van der Waals surface area contributed by atoms with Crippen LogP contribution in [-0.2, 0) is 4.74 Å². The average molecular weight is 237 g/mol. The van der Waals surface area contributed by atoms with Gasteiger partial charge in [0.2, 0.25) is 0 Å². The van der Waals surface area contributed by atoms with Crippen molar-refractivity contribution >= 4 is 11.8 Å². The van der Waals surface area contributed by atoms with Gasteiger partial charge in [0, 0.05) is 7.05 Å². The number of hydrogen-bond donors (Lipinski definition) is 0. The lowest BCUT2D eigenvalue weighted by Gasteiger charge is -2.20. The molecule has 1 rings (SSSR count). The fourth-order valence-electron chi connectivity index (χ4n) is 1.56. The fraction of sp³-hybridized carbons (Fsp3) is 0.462. The smallest absolute Gasteiger partial charge is 0.413 e. The number of methoxy groups -OCH3 is 2. The lowest BCUT2D eigenvalue weighted by molar-refractivity contribution is 0.180. The first kappa shape index (κ1) is 13.4. The van der Waals surface area contributed by atoms with Crippen molar-refractivity contribution in [2.45, 2.75) is 19.8 Å². The molecule has 0 saturated heterocycles. The van der Waals surface area contributed by atoms with E-state index in [1.807, 2.05) is 18.2 Å². The molecule has 0 aliphatic heterocycles. The van der Waals surface area contributed by atoms with E-state index in [9.17, 15) is 4.79 Å². The monoisotopic (exact) mass is 237 g/mol. The van der Waals surface area contributed by atoms with Gasteiger partial charge >= 0.3 is 6.09 Å². The van der Waals surface area contributed by atoms with Gasteiger partial charge < -0.3 is 9.47 Å². The Hall–Kier alpha value is -1.71. The van der Waals surface area contributed by atoms with Gasteiger partial charge in [0.1, 0.15) is 5.75 Å². The number of rotatable bonds is 3. The molecule has 0 unspecified atom stereocenters. The van der Waals surface area contributed by atoms with Gasteiger partial charge in [0.05, 0.1) is 19.9 Å². The Bertz CT molecular complexity index is 402. The molecule has 17 heavy (non-hydrogen) atoms. The maximum Gasteiger partial charge on any atom is 0.413 e. The van der Waals surface area contributed by atoms with Gasteiger partial charge in [-0.1, -0.05) is 19.9 Å². The molecule has 4 heteroatoms. The fourth-order valence-corrected chi connectivity index (χ4v) is 1.56. The molecule has 0 saturated carbocycles. The summed E-state index contributed by atoms with van der Waals surface area (Å²) in [5.41, 5.74) is 1.86. The molecule has 0 radical (unpaired) electrons. The van der Waals surface area contributed by atoms with Crippen LogP contribution in [0.1, 0.15) is 25.3 Å². The molecular formula is C13H19NO3. The van der Waals surface area contributed by atoms with E-state index in [0.717, 1.165) is 5.56 Å². The number of ether oxygens (including phenoxy) is 2. The Morgan fingerprint density at radius 1 is 1.29 bits per heavy atom. The summed E-state index contributed by atoms with van der Waals surface area (Å²) in [7, 11) is 4.60. The van der Waals surface area contributed by atoms with Crippen molar-refractivity contribution in [2.75, 3.05) is 26.2 Å². The Balaban J connectivity index is 3.18. The number of carbonyl (C=O) groups is 1. The summed E-state index contributed by atoms with van der Waals surface area (Å²) in [6, 6.07) is 5.81. The molecule has 0 fully saturated rings. The summed E-state index contributed by atoms with van der Waals surface area (Å²) < 4.78 is 9.94. The van der Waals surface area contributed by atoms with Crippen LogP contribution in [0.15, 0.2) is 18.2 Å². The van der Waals surface area contributed by atoms with Crippen LogP contribution in [0.2, 0.25) is 0 Å². The Labute approximate surface area is 102 Å². The molecule has 0 spiro atoms. The largest absolute Gasteiger partial charge is 0.495 e. The van der Waals surface area contributed by atoms with Gasteiger partial charge in [-0.05, 0) is 23.6 Å². The van der Waals surface area contributed by atoms with E-state index in [4.69, 9.17) is 9.47 Å². The molecule has 1 aromatic carbocycles. The van der Waals surface area contributed by atoms with Crippen LogP contribution in [-0.4, -0.2) is 27.4 Å². The summed E-state index contributed by atoms with van der Waals surface area (Å²) in [5.74, 6) is 1.05. The van der Waals surface area contributed by atoms with Crippen molar-refractivity contribution in [3.8, 4) is 5.75 Å². The normalized spacial score (nSPS) is 10.2. The van der Waals surface area contributed by atoms with Crippen molar-refractivity contribution in [2.24, 2.45) is 0 Å². The zero-order valence-corrected chi connectivity index (χ0v) is 11.0. The van der Waals surface area contributed by atoms with E-state index in [1.54, 1.807) is 14.2 Å². The summed E-state index contributed by atoms with van der Waals surface area (Å²) in [4.78, 5) is 12.9. The SMILES string of the molecule is COC(=O)N(C)c1cc(C(C)C)ccc1OC. The number of nitrogens with zero attached hydrogens (tertiary/aromatic N) is 1. The third-order valence-corrected chi connectivity index (χ3v) is 2.68. The summed E-state index contributed by atoms with van der Waals surface area (Å²) in [6.45, 7) is 4.20. The van der Waals surface area contributed by atoms with Crippen molar-refractivity contribution < 1.29 is 14.3 Å². The highest BCUT2D eigenvalue weighted by Gasteiger charge is 2.16. The van der Waals surface area contributed by atoms with Crippen LogP contribution in [0.3, 0.4) is 0 Å². The molecule has 0 N–H and O–H groups in total. The van der Waals surface area contributed by atoms with Crippen LogP contribution in [0, 0.1) is 0 Å². The topological polar surface area (TPSA) is 38.8 Å². The average Bonchev–Trinajstić information content (AvgIpc) is 2.35. The Morgan fingerprint density at radius 3 is 2.41 bits per heavy atom. The van der Waals surface area contributed by atoms with E-state index in [2.05, 4.69) is 13.8 Å². The number of anilines is 1. The van der Waals surface area contributed by atoms with Gasteiger partial charge in [-0.2, -0.15) is 0 Å². The molecule has 0 heterocycles. The van der Waals surface area contributed by atoms with Crippen LogP contribution < -0.4 is 9.64 Å². The first-order chi connectivity index (χ1) is 8.01. The summed E-state index contributed by atoms with van der Waals surface area (Å²) >= 11 is 0. The van der Waals surface area contributed by atoms with Crippen molar-refractivity contribution in [3.63, 3.8) is 0 Å². The molecule has 0 aliphatic rings. The first-order valence-electron chi connectivity index (χ1n) is 5.50. The third kappa shape index (κ3) is 2.90. The Morgan fingerprint density at radius 2 is 1.94 bits per heavy atom. The van der Waals surface area contributed by atoms with E-state index >= 15 is 0 Å². The van der Waals surface area contributed by atoms with Gasteiger partial charge in [0.25, 0.3) is 0 Å². The number of carbonyl (C=O) groups excluding carboxylic acids is 1. The highest BCUT2D eigenvalue weighted by Crippen LogP contribution is 2.31.